The number of rotatable bonds is 4. The number of aliphatic carboxylic acids is 1. The predicted octanol–water partition coefficient (Wildman–Crippen LogP) is 0.778. The van der Waals surface area contributed by atoms with Crippen molar-refractivity contribution in [3.05, 3.63) is 12.5 Å². The zero-order valence-electron chi connectivity index (χ0n) is 11.6. The van der Waals surface area contributed by atoms with Gasteiger partial charge in [0.05, 0.1) is 11.7 Å². The van der Waals surface area contributed by atoms with Crippen molar-refractivity contribution in [3.63, 3.8) is 0 Å². The van der Waals surface area contributed by atoms with Crippen LogP contribution in [0.3, 0.4) is 0 Å². The molecule has 1 fully saturated rings. The molecule has 0 saturated carbocycles. The second-order valence-corrected chi connectivity index (χ2v) is 7.24. The van der Waals surface area contributed by atoms with Crippen molar-refractivity contribution in [1.82, 2.24) is 13.9 Å². The molecule has 8 heteroatoms. The Morgan fingerprint density at radius 2 is 2.25 bits per heavy atom. The van der Waals surface area contributed by atoms with Crippen LogP contribution in [0.5, 0.6) is 0 Å². The minimum absolute atomic E-state index is 0.0103. The van der Waals surface area contributed by atoms with E-state index in [0.29, 0.717) is 25.9 Å². The maximum atomic E-state index is 12.5. The molecule has 2 heterocycles. The third-order valence-corrected chi connectivity index (χ3v) is 5.49. The van der Waals surface area contributed by atoms with Gasteiger partial charge in [0, 0.05) is 25.8 Å². The summed E-state index contributed by atoms with van der Waals surface area (Å²) in [5.74, 6) is -0.962. The van der Waals surface area contributed by atoms with E-state index >= 15 is 0 Å². The number of carboxylic acid groups (broad SMARTS) is 1. The van der Waals surface area contributed by atoms with Gasteiger partial charge in [-0.3, -0.25) is 4.79 Å². The fourth-order valence-corrected chi connectivity index (χ4v) is 3.89. The number of carboxylic acids is 1. The molecule has 0 bridgehead atoms. The Bertz CT molecular complexity index is 610. The first-order valence-corrected chi connectivity index (χ1v) is 7.99. The summed E-state index contributed by atoms with van der Waals surface area (Å²) in [5, 5.41) is 9.23. The lowest BCUT2D eigenvalue weighted by molar-refractivity contribution is -0.150. The Balaban J connectivity index is 2.27. The second-order valence-electron chi connectivity index (χ2n) is 5.35. The van der Waals surface area contributed by atoms with E-state index in [9.17, 15) is 18.3 Å². The van der Waals surface area contributed by atoms with Crippen molar-refractivity contribution in [3.8, 4) is 0 Å². The van der Waals surface area contributed by atoms with Gasteiger partial charge in [0.2, 0.25) is 0 Å². The Morgan fingerprint density at radius 3 is 2.80 bits per heavy atom. The van der Waals surface area contributed by atoms with E-state index in [1.165, 1.54) is 16.8 Å². The molecular weight excluding hydrogens is 282 g/mol. The van der Waals surface area contributed by atoms with Crippen LogP contribution in [0.2, 0.25) is 0 Å². The Kier molecular flexibility index (Phi) is 3.88. The predicted molar refractivity (Wildman–Crippen MR) is 71.6 cm³/mol. The summed E-state index contributed by atoms with van der Waals surface area (Å²) in [6.45, 7) is 4.44. The largest absolute Gasteiger partial charge is 0.481 e. The number of aryl methyl sites for hydroxylation is 1. The van der Waals surface area contributed by atoms with Crippen molar-refractivity contribution in [2.45, 2.75) is 38.3 Å². The highest BCUT2D eigenvalue weighted by atomic mass is 32.2. The normalized spacial score (nSPS) is 24.7. The van der Waals surface area contributed by atoms with Crippen molar-refractivity contribution >= 4 is 16.0 Å². The molecule has 1 saturated heterocycles. The number of aromatic nitrogens is 2. The summed E-state index contributed by atoms with van der Waals surface area (Å²) < 4.78 is 27.9. The van der Waals surface area contributed by atoms with Crippen molar-refractivity contribution in [1.29, 1.82) is 0 Å². The van der Waals surface area contributed by atoms with Crippen molar-refractivity contribution < 1.29 is 18.3 Å². The summed E-state index contributed by atoms with van der Waals surface area (Å²) in [6, 6.07) is 0. The molecule has 0 spiro atoms. The quantitative estimate of drug-likeness (QED) is 0.887. The number of carbonyl (C=O) groups is 1. The van der Waals surface area contributed by atoms with Crippen molar-refractivity contribution in [2.75, 3.05) is 13.1 Å². The molecule has 112 valence electrons. The molecular formula is C12H19N3O4S. The van der Waals surface area contributed by atoms with Crippen molar-refractivity contribution in [2.24, 2.45) is 5.41 Å². The molecule has 0 radical (unpaired) electrons. The fourth-order valence-electron chi connectivity index (χ4n) is 2.35. The van der Waals surface area contributed by atoms with Gasteiger partial charge in [0.15, 0.2) is 5.03 Å². The summed E-state index contributed by atoms with van der Waals surface area (Å²) in [4.78, 5) is 15.2. The molecule has 0 amide bonds. The van der Waals surface area contributed by atoms with Crippen LogP contribution in [0.4, 0.5) is 0 Å². The topological polar surface area (TPSA) is 92.5 Å². The molecule has 7 nitrogen and oxygen atoms in total. The average molecular weight is 301 g/mol. The van der Waals surface area contributed by atoms with Gasteiger partial charge >= 0.3 is 5.97 Å². The minimum Gasteiger partial charge on any atom is -0.481 e. The SMILES string of the molecule is CCn1cnc(S(=O)(=O)N2CCCC(C)(C(=O)O)C2)c1. The van der Waals surface area contributed by atoms with E-state index in [2.05, 4.69) is 4.98 Å². The third kappa shape index (κ3) is 2.57. The summed E-state index contributed by atoms with van der Waals surface area (Å²) in [5.41, 5.74) is -1.03. The minimum atomic E-state index is -3.72. The average Bonchev–Trinajstić information content (AvgIpc) is 2.88. The Morgan fingerprint density at radius 1 is 1.55 bits per heavy atom. The second kappa shape index (κ2) is 5.17. The lowest BCUT2D eigenvalue weighted by atomic mass is 9.83. The van der Waals surface area contributed by atoms with Gasteiger partial charge in [-0.15, -0.1) is 0 Å². The molecule has 1 aliphatic rings. The molecule has 1 aromatic rings. The van der Waals surface area contributed by atoms with Crippen LogP contribution in [0.25, 0.3) is 0 Å². The highest BCUT2D eigenvalue weighted by Crippen LogP contribution is 2.32. The van der Waals surface area contributed by atoms with E-state index in [0.717, 1.165) is 0 Å². The van der Waals surface area contributed by atoms with Gasteiger partial charge in [-0.05, 0) is 26.7 Å². The number of hydrogen-bond acceptors (Lipinski definition) is 4. The molecule has 1 atom stereocenters. The fraction of sp³-hybridized carbons (Fsp3) is 0.667. The van der Waals surface area contributed by atoms with Crippen LogP contribution in [-0.4, -0.2) is 46.4 Å². The number of hydrogen-bond donors (Lipinski definition) is 1. The van der Waals surface area contributed by atoms with Gasteiger partial charge in [-0.2, -0.15) is 4.31 Å². The maximum Gasteiger partial charge on any atom is 0.310 e. The lowest BCUT2D eigenvalue weighted by Crippen LogP contribution is -2.48. The van der Waals surface area contributed by atoms with E-state index < -0.39 is 21.4 Å². The van der Waals surface area contributed by atoms with Gasteiger partial charge < -0.3 is 9.67 Å². The smallest absolute Gasteiger partial charge is 0.310 e. The number of piperidine rings is 1. The summed E-state index contributed by atoms with van der Waals surface area (Å²) in [7, 11) is -3.72. The molecule has 1 aromatic heterocycles. The first-order chi connectivity index (χ1) is 9.29. The van der Waals surface area contributed by atoms with Gasteiger partial charge in [0.25, 0.3) is 10.0 Å². The van der Waals surface area contributed by atoms with Crippen LogP contribution in [0, 0.1) is 5.41 Å². The monoisotopic (exact) mass is 301 g/mol. The molecule has 0 aliphatic carbocycles. The molecule has 2 rings (SSSR count). The van der Waals surface area contributed by atoms with Crippen LogP contribution >= 0.6 is 0 Å². The number of nitrogens with zero attached hydrogens (tertiary/aromatic N) is 3. The number of sulfonamides is 1. The van der Waals surface area contributed by atoms with Crippen LogP contribution in [-0.2, 0) is 21.4 Å². The molecule has 1 N–H and O–H groups in total. The maximum absolute atomic E-state index is 12.5. The summed E-state index contributed by atoms with van der Waals surface area (Å²) >= 11 is 0. The zero-order chi connectivity index (χ0) is 15.0. The zero-order valence-corrected chi connectivity index (χ0v) is 12.4. The van der Waals surface area contributed by atoms with Gasteiger partial charge in [-0.25, -0.2) is 13.4 Å². The molecule has 20 heavy (non-hydrogen) atoms. The number of imidazole rings is 1. The standard InChI is InChI=1S/C12H19N3O4S/c1-3-14-7-10(13-9-14)20(18,19)15-6-4-5-12(2,8-15)11(16)17/h7,9H,3-6,8H2,1-2H3,(H,16,17). The van der Waals surface area contributed by atoms with E-state index in [1.807, 2.05) is 6.92 Å². The third-order valence-electron chi connectivity index (χ3n) is 3.76. The first-order valence-electron chi connectivity index (χ1n) is 6.55. The van der Waals surface area contributed by atoms with Gasteiger partial charge in [0.1, 0.15) is 0 Å². The van der Waals surface area contributed by atoms with E-state index in [-0.39, 0.29) is 11.6 Å². The Labute approximate surface area is 118 Å². The lowest BCUT2D eigenvalue weighted by Gasteiger charge is -2.36. The highest BCUT2D eigenvalue weighted by molar-refractivity contribution is 7.89. The first kappa shape index (κ1) is 15.0. The molecule has 1 aliphatic heterocycles. The van der Waals surface area contributed by atoms with Crippen LogP contribution in [0.1, 0.15) is 26.7 Å². The Hall–Kier alpha value is -1.41. The van der Waals surface area contributed by atoms with E-state index in [4.69, 9.17) is 0 Å². The molecule has 0 aromatic carbocycles. The molecule has 1 unspecified atom stereocenters. The van der Waals surface area contributed by atoms with E-state index in [1.54, 1.807) is 11.5 Å². The highest BCUT2D eigenvalue weighted by Gasteiger charge is 2.42. The van der Waals surface area contributed by atoms with Gasteiger partial charge in [-0.1, -0.05) is 0 Å². The van der Waals surface area contributed by atoms with Crippen LogP contribution < -0.4 is 0 Å². The summed E-state index contributed by atoms with van der Waals surface area (Å²) in [6.07, 6.45) is 3.96. The van der Waals surface area contributed by atoms with Crippen LogP contribution in [0.15, 0.2) is 17.6 Å².